The fraction of sp³-hybridized carbons (Fsp3) is 0.778. The van der Waals surface area contributed by atoms with Crippen LogP contribution < -0.4 is 5.32 Å². The predicted octanol–water partition coefficient (Wildman–Crippen LogP) is -0.635. The highest BCUT2D eigenvalue weighted by molar-refractivity contribution is 5.77. The van der Waals surface area contributed by atoms with Crippen LogP contribution in [0.2, 0.25) is 0 Å². The van der Waals surface area contributed by atoms with Gasteiger partial charge >= 0.3 is 5.97 Å². The predicted molar refractivity (Wildman–Crippen MR) is 52.4 cm³/mol. The first kappa shape index (κ1) is 13.9. The molecule has 6 heteroatoms. The molecule has 0 aromatic rings. The summed E-state index contributed by atoms with van der Waals surface area (Å²) in [6, 6.07) is 0. The molecule has 0 rings (SSSR count). The Morgan fingerprint density at radius 1 is 1.40 bits per heavy atom. The van der Waals surface area contributed by atoms with Crippen LogP contribution in [0.1, 0.15) is 19.8 Å². The highest BCUT2D eigenvalue weighted by Crippen LogP contribution is 1.93. The van der Waals surface area contributed by atoms with E-state index in [0.717, 1.165) is 0 Å². The van der Waals surface area contributed by atoms with Gasteiger partial charge in [-0.05, 0) is 19.8 Å². The van der Waals surface area contributed by atoms with Crippen molar-refractivity contribution in [3.63, 3.8) is 0 Å². The van der Waals surface area contributed by atoms with E-state index in [1.165, 1.54) is 0 Å². The highest BCUT2D eigenvalue weighted by Gasteiger charge is 2.03. The summed E-state index contributed by atoms with van der Waals surface area (Å²) >= 11 is 0. The number of ether oxygens (including phenoxy) is 1. The quantitative estimate of drug-likeness (QED) is 0.472. The Bertz CT molecular complexity index is 205. The number of rotatable bonds is 8. The van der Waals surface area contributed by atoms with E-state index in [4.69, 9.17) is 10.2 Å². The second-order valence-corrected chi connectivity index (χ2v) is 3.23. The Kier molecular flexibility index (Phi) is 7.57. The maximum atomic E-state index is 11.0. The Balaban J connectivity index is 3.30. The number of nitrogens with one attached hydrogen (secondary N) is 1. The molecule has 6 nitrogen and oxygen atoms in total. The first-order valence-electron chi connectivity index (χ1n) is 4.76. The van der Waals surface area contributed by atoms with Crippen LogP contribution >= 0.6 is 0 Å². The minimum absolute atomic E-state index is 0.249. The largest absolute Gasteiger partial charge is 0.480 e. The molecule has 1 amide bonds. The average molecular weight is 219 g/mol. The molecule has 0 fully saturated rings. The summed E-state index contributed by atoms with van der Waals surface area (Å²) in [5, 5.41) is 19.7. The molecule has 0 saturated carbocycles. The van der Waals surface area contributed by atoms with Gasteiger partial charge in [0.05, 0.1) is 6.10 Å². The minimum atomic E-state index is -1.10. The Labute approximate surface area is 88.2 Å². The van der Waals surface area contributed by atoms with Crippen molar-refractivity contribution in [2.75, 3.05) is 19.8 Å². The molecule has 0 aliphatic carbocycles. The van der Waals surface area contributed by atoms with E-state index in [2.05, 4.69) is 10.1 Å². The SMILES string of the molecule is CC(O)CCCNC(=O)COCC(=O)O. The Morgan fingerprint density at radius 3 is 2.60 bits per heavy atom. The number of hydrogen-bond acceptors (Lipinski definition) is 4. The van der Waals surface area contributed by atoms with Crippen LogP contribution in [0.4, 0.5) is 0 Å². The Hall–Kier alpha value is -1.14. The molecule has 1 unspecified atom stereocenters. The van der Waals surface area contributed by atoms with Crippen molar-refractivity contribution < 1.29 is 24.5 Å². The number of aliphatic hydroxyl groups excluding tert-OH is 1. The lowest BCUT2D eigenvalue weighted by Crippen LogP contribution is -2.29. The van der Waals surface area contributed by atoms with E-state index in [0.29, 0.717) is 19.4 Å². The van der Waals surface area contributed by atoms with Crippen molar-refractivity contribution in [3.05, 3.63) is 0 Å². The fourth-order valence-corrected chi connectivity index (χ4v) is 0.907. The number of carbonyl (C=O) groups is 2. The molecule has 1 atom stereocenters. The number of carboxylic acids is 1. The van der Waals surface area contributed by atoms with Crippen molar-refractivity contribution in [2.45, 2.75) is 25.9 Å². The average Bonchev–Trinajstić information content (AvgIpc) is 2.11. The number of hydrogen-bond donors (Lipinski definition) is 3. The first-order valence-corrected chi connectivity index (χ1v) is 4.76. The van der Waals surface area contributed by atoms with Crippen LogP contribution in [-0.2, 0) is 14.3 Å². The van der Waals surface area contributed by atoms with Crippen molar-refractivity contribution in [2.24, 2.45) is 0 Å². The molecule has 0 aromatic heterocycles. The van der Waals surface area contributed by atoms with Crippen LogP contribution in [0, 0.1) is 0 Å². The second kappa shape index (κ2) is 8.19. The summed E-state index contributed by atoms with van der Waals surface area (Å²) in [6.07, 6.45) is 0.934. The molecular weight excluding hydrogens is 202 g/mol. The number of aliphatic carboxylic acids is 1. The summed E-state index contributed by atoms with van der Waals surface area (Å²) < 4.78 is 4.57. The van der Waals surface area contributed by atoms with Gasteiger partial charge in [0.15, 0.2) is 0 Å². The smallest absolute Gasteiger partial charge is 0.329 e. The lowest BCUT2D eigenvalue weighted by molar-refractivity contribution is -0.143. The fourth-order valence-electron chi connectivity index (χ4n) is 0.907. The van der Waals surface area contributed by atoms with Crippen LogP contribution in [0.3, 0.4) is 0 Å². The molecular formula is C9H17NO5. The van der Waals surface area contributed by atoms with Gasteiger partial charge in [-0.1, -0.05) is 0 Å². The van der Waals surface area contributed by atoms with Crippen LogP contribution in [-0.4, -0.2) is 48.0 Å². The van der Waals surface area contributed by atoms with Crippen LogP contribution in [0.5, 0.6) is 0 Å². The molecule has 15 heavy (non-hydrogen) atoms. The zero-order valence-corrected chi connectivity index (χ0v) is 8.73. The number of aliphatic hydroxyl groups is 1. The summed E-state index contributed by atoms with van der Waals surface area (Å²) in [6.45, 7) is 1.42. The summed E-state index contributed by atoms with van der Waals surface area (Å²) in [7, 11) is 0. The van der Waals surface area contributed by atoms with Gasteiger partial charge in [-0.25, -0.2) is 4.79 Å². The van der Waals surface area contributed by atoms with Gasteiger partial charge in [0, 0.05) is 6.54 Å². The topological polar surface area (TPSA) is 95.9 Å². The third kappa shape index (κ3) is 10.8. The molecule has 3 N–H and O–H groups in total. The van der Waals surface area contributed by atoms with Crippen LogP contribution in [0.25, 0.3) is 0 Å². The van der Waals surface area contributed by atoms with E-state index in [1.807, 2.05) is 0 Å². The van der Waals surface area contributed by atoms with Gasteiger partial charge in [0.2, 0.25) is 5.91 Å². The van der Waals surface area contributed by atoms with Gasteiger partial charge < -0.3 is 20.3 Å². The van der Waals surface area contributed by atoms with Crippen molar-refractivity contribution in [3.8, 4) is 0 Å². The highest BCUT2D eigenvalue weighted by atomic mass is 16.5. The second-order valence-electron chi connectivity index (χ2n) is 3.23. The summed E-state index contributed by atoms with van der Waals surface area (Å²) in [5.41, 5.74) is 0. The maximum Gasteiger partial charge on any atom is 0.329 e. The lowest BCUT2D eigenvalue weighted by atomic mass is 10.2. The van der Waals surface area contributed by atoms with Crippen molar-refractivity contribution in [1.29, 1.82) is 0 Å². The molecule has 0 bridgehead atoms. The normalized spacial score (nSPS) is 12.1. The van der Waals surface area contributed by atoms with Gasteiger partial charge in [-0.3, -0.25) is 4.79 Å². The van der Waals surface area contributed by atoms with Gasteiger partial charge in [0.25, 0.3) is 0 Å². The molecule has 0 aliphatic heterocycles. The summed E-state index contributed by atoms with van der Waals surface area (Å²) in [5.74, 6) is -1.45. The monoisotopic (exact) mass is 219 g/mol. The molecule has 0 radical (unpaired) electrons. The van der Waals surface area contributed by atoms with E-state index in [9.17, 15) is 9.59 Å². The van der Waals surface area contributed by atoms with E-state index in [1.54, 1.807) is 6.92 Å². The zero-order chi connectivity index (χ0) is 11.7. The number of amides is 1. The first-order chi connectivity index (χ1) is 7.02. The van der Waals surface area contributed by atoms with Gasteiger partial charge in [-0.15, -0.1) is 0 Å². The standard InChI is InChI=1S/C9H17NO5/c1-7(11)3-2-4-10-8(12)5-15-6-9(13)14/h7,11H,2-6H2,1H3,(H,10,12)(H,13,14). The van der Waals surface area contributed by atoms with E-state index in [-0.39, 0.29) is 18.6 Å². The maximum absolute atomic E-state index is 11.0. The lowest BCUT2D eigenvalue weighted by Gasteiger charge is -2.06. The Morgan fingerprint density at radius 2 is 2.07 bits per heavy atom. The third-order valence-electron chi connectivity index (χ3n) is 1.58. The number of carboxylic acid groups (broad SMARTS) is 1. The zero-order valence-electron chi connectivity index (χ0n) is 8.73. The van der Waals surface area contributed by atoms with Gasteiger partial charge in [0.1, 0.15) is 13.2 Å². The van der Waals surface area contributed by atoms with Gasteiger partial charge in [-0.2, -0.15) is 0 Å². The third-order valence-corrected chi connectivity index (χ3v) is 1.58. The molecule has 0 spiro atoms. The van der Waals surface area contributed by atoms with Crippen molar-refractivity contribution in [1.82, 2.24) is 5.32 Å². The van der Waals surface area contributed by atoms with Crippen LogP contribution in [0.15, 0.2) is 0 Å². The molecule has 0 heterocycles. The molecule has 88 valence electrons. The number of carbonyl (C=O) groups excluding carboxylic acids is 1. The minimum Gasteiger partial charge on any atom is -0.480 e. The van der Waals surface area contributed by atoms with E-state index >= 15 is 0 Å². The molecule has 0 saturated heterocycles. The molecule has 0 aromatic carbocycles. The summed E-state index contributed by atoms with van der Waals surface area (Å²) in [4.78, 5) is 21.0. The van der Waals surface area contributed by atoms with Crippen molar-refractivity contribution >= 4 is 11.9 Å². The van der Waals surface area contributed by atoms with E-state index < -0.39 is 12.6 Å². The molecule has 0 aliphatic rings.